The molecule has 1 heterocycles. The fraction of sp³-hybridized carbons (Fsp3) is 0.294. The highest BCUT2D eigenvalue weighted by atomic mass is 35.5. The molecular weight excluding hydrogens is 332 g/mol. The second kappa shape index (κ2) is 8.13. The molecule has 0 aliphatic heterocycles. The molecule has 0 bridgehead atoms. The van der Waals surface area contributed by atoms with Crippen LogP contribution in [0.2, 0.25) is 5.02 Å². The van der Waals surface area contributed by atoms with Gasteiger partial charge in [-0.2, -0.15) is 0 Å². The van der Waals surface area contributed by atoms with Gasteiger partial charge in [-0.05, 0) is 48.2 Å². The molecule has 0 unspecified atom stereocenters. The normalized spacial score (nSPS) is 10.4. The van der Waals surface area contributed by atoms with Crippen molar-refractivity contribution >= 4 is 34.8 Å². The third-order valence-corrected chi connectivity index (χ3v) is 4.77. The highest BCUT2D eigenvalue weighted by molar-refractivity contribution is 7.10. The topological polar surface area (TPSA) is 49.4 Å². The number of nitrogens with zero attached hydrogens (tertiary/aromatic N) is 1. The van der Waals surface area contributed by atoms with Crippen molar-refractivity contribution in [2.45, 2.75) is 19.9 Å². The molecule has 0 radical (unpaired) electrons. The summed E-state index contributed by atoms with van der Waals surface area (Å²) in [5.74, 6) is -0.194. The van der Waals surface area contributed by atoms with Gasteiger partial charge in [0.15, 0.2) is 0 Å². The molecule has 6 heteroatoms. The first-order valence-corrected chi connectivity index (χ1v) is 8.54. The number of thiophene rings is 1. The van der Waals surface area contributed by atoms with Gasteiger partial charge in [-0.3, -0.25) is 9.59 Å². The molecular formula is C17H19ClN2O2S. The van der Waals surface area contributed by atoms with Crippen LogP contribution in [0.1, 0.15) is 27.2 Å². The van der Waals surface area contributed by atoms with E-state index in [1.165, 1.54) is 10.4 Å². The van der Waals surface area contributed by atoms with E-state index in [-0.39, 0.29) is 18.2 Å². The van der Waals surface area contributed by atoms with Crippen LogP contribution in [-0.2, 0) is 11.3 Å². The molecule has 0 aliphatic carbocycles. The lowest BCUT2D eigenvalue weighted by Crippen LogP contribution is -2.31. The SMILES string of the molecule is Cc1ccsc1CN(C)C(=O)CCNC(=O)c1ccc(Cl)cc1. The largest absolute Gasteiger partial charge is 0.352 e. The van der Waals surface area contributed by atoms with Gasteiger partial charge in [-0.1, -0.05) is 11.6 Å². The molecule has 0 aliphatic rings. The molecule has 0 atom stereocenters. The third-order valence-electron chi connectivity index (χ3n) is 3.51. The molecule has 122 valence electrons. The number of carbonyl (C=O) groups is 2. The molecule has 2 aromatic rings. The van der Waals surface area contributed by atoms with E-state index in [0.717, 1.165) is 0 Å². The number of hydrogen-bond donors (Lipinski definition) is 1. The van der Waals surface area contributed by atoms with Gasteiger partial charge in [0, 0.05) is 35.5 Å². The Hall–Kier alpha value is -1.85. The van der Waals surface area contributed by atoms with E-state index in [1.54, 1.807) is 47.5 Å². The Bertz CT molecular complexity index is 682. The minimum atomic E-state index is -0.203. The van der Waals surface area contributed by atoms with Gasteiger partial charge in [-0.15, -0.1) is 11.3 Å². The second-order valence-electron chi connectivity index (χ2n) is 5.29. The quantitative estimate of drug-likeness (QED) is 0.867. The lowest BCUT2D eigenvalue weighted by atomic mass is 10.2. The summed E-state index contributed by atoms with van der Waals surface area (Å²) in [5, 5.41) is 5.36. The maximum Gasteiger partial charge on any atom is 0.251 e. The zero-order chi connectivity index (χ0) is 16.8. The van der Waals surface area contributed by atoms with Gasteiger partial charge in [0.1, 0.15) is 0 Å². The molecule has 0 saturated heterocycles. The van der Waals surface area contributed by atoms with Crippen molar-refractivity contribution in [1.82, 2.24) is 10.2 Å². The lowest BCUT2D eigenvalue weighted by Gasteiger charge is -2.17. The number of nitrogens with one attached hydrogen (secondary N) is 1. The molecule has 2 amide bonds. The van der Waals surface area contributed by atoms with Gasteiger partial charge >= 0.3 is 0 Å². The highest BCUT2D eigenvalue weighted by Gasteiger charge is 2.12. The number of rotatable bonds is 6. The lowest BCUT2D eigenvalue weighted by molar-refractivity contribution is -0.130. The van der Waals surface area contributed by atoms with Crippen LogP contribution in [0.3, 0.4) is 0 Å². The summed E-state index contributed by atoms with van der Waals surface area (Å²) < 4.78 is 0. The van der Waals surface area contributed by atoms with E-state index >= 15 is 0 Å². The van der Waals surface area contributed by atoms with Crippen LogP contribution in [0.5, 0.6) is 0 Å². The van der Waals surface area contributed by atoms with Crippen LogP contribution in [0.4, 0.5) is 0 Å². The second-order valence-corrected chi connectivity index (χ2v) is 6.73. The van der Waals surface area contributed by atoms with E-state index in [0.29, 0.717) is 23.7 Å². The molecule has 0 saturated carbocycles. The summed E-state index contributed by atoms with van der Waals surface area (Å²) in [6.07, 6.45) is 0.278. The zero-order valence-electron chi connectivity index (χ0n) is 13.1. The predicted molar refractivity (Wildman–Crippen MR) is 93.9 cm³/mol. The monoisotopic (exact) mass is 350 g/mol. The van der Waals surface area contributed by atoms with Crippen LogP contribution in [0.25, 0.3) is 0 Å². The predicted octanol–water partition coefficient (Wildman–Crippen LogP) is 3.49. The molecule has 0 spiro atoms. The van der Waals surface area contributed by atoms with Crippen LogP contribution in [0, 0.1) is 6.92 Å². The van der Waals surface area contributed by atoms with Crippen molar-refractivity contribution in [3.8, 4) is 0 Å². The minimum Gasteiger partial charge on any atom is -0.352 e. The Morgan fingerprint density at radius 3 is 2.52 bits per heavy atom. The zero-order valence-corrected chi connectivity index (χ0v) is 14.7. The van der Waals surface area contributed by atoms with Gasteiger partial charge in [0.05, 0.1) is 6.54 Å². The van der Waals surface area contributed by atoms with Gasteiger partial charge in [0.25, 0.3) is 5.91 Å². The molecule has 1 aromatic carbocycles. The summed E-state index contributed by atoms with van der Waals surface area (Å²) in [4.78, 5) is 26.9. The first-order chi connectivity index (χ1) is 11.0. The van der Waals surface area contributed by atoms with Gasteiger partial charge in [0.2, 0.25) is 5.91 Å². The summed E-state index contributed by atoms with van der Waals surface area (Å²) in [6.45, 7) is 2.96. The maximum absolute atomic E-state index is 12.1. The van der Waals surface area contributed by atoms with Gasteiger partial charge in [-0.25, -0.2) is 0 Å². The van der Waals surface area contributed by atoms with Crippen LogP contribution < -0.4 is 5.32 Å². The van der Waals surface area contributed by atoms with E-state index in [1.807, 2.05) is 18.4 Å². The molecule has 0 fully saturated rings. The van der Waals surface area contributed by atoms with E-state index in [2.05, 4.69) is 5.32 Å². The summed E-state index contributed by atoms with van der Waals surface area (Å²) in [5.41, 5.74) is 1.73. The summed E-state index contributed by atoms with van der Waals surface area (Å²) >= 11 is 7.43. The van der Waals surface area contributed by atoms with Crippen molar-refractivity contribution in [3.05, 3.63) is 56.7 Å². The Kier molecular flexibility index (Phi) is 6.19. The van der Waals surface area contributed by atoms with Crippen LogP contribution in [0.15, 0.2) is 35.7 Å². The van der Waals surface area contributed by atoms with Crippen LogP contribution >= 0.6 is 22.9 Å². The third kappa shape index (κ3) is 5.08. The average Bonchev–Trinajstić information content (AvgIpc) is 2.92. The first kappa shape index (κ1) is 17.5. The number of hydrogen-bond acceptors (Lipinski definition) is 3. The number of carbonyl (C=O) groups excluding carboxylic acids is 2. The minimum absolute atomic E-state index is 0.00852. The molecule has 23 heavy (non-hydrogen) atoms. The van der Waals surface area contributed by atoms with Gasteiger partial charge < -0.3 is 10.2 Å². The smallest absolute Gasteiger partial charge is 0.251 e. The van der Waals surface area contributed by atoms with Crippen molar-refractivity contribution < 1.29 is 9.59 Å². The van der Waals surface area contributed by atoms with Crippen molar-refractivity contribution in [1.29, 1.82) is 0 Å². The Morgan fingerprint density at radius 2 is 1.91 bits per heavy atom. The standard InChI is InChI=1S/C17H19ClN2O2S/c1-12-8-10-23-15(12)11-20(2)16(21)7-9-19-17(22)13-3-5-14(18)6-4-13/h3-6,8,10H,7,9,11H2,1-2H3,(H,19,22). The van der Waals surface area contributed by atoms with E-state index in [4.69, 9.17) is 11.6 Å². The highest BCUT2D eigenvalue weighted by Crippen LogP contribution is 2.17. The molecule has 1 aromatic heterocycles. The Morgan fingerprint density at radius 1 is 1.22 bits per heavy atom. The average molecular weight is 351 g/mol. The number of benzene rings is 1. The van der Waals surface area contributed by atoms with Crippen LogP contribution in [-0.4, -0.2) is 30.3 Å². The number of aryl methyl sites for hydroxylation is 1. The summed E-state index contributed by atoms with van der Waals surface area (Å²) in [6, 6.07) is 8.69. The van der Waals surface area contributed by atoms with Crippen molar-refractivity contribution in [2.24, 2.45) is 0 Å². The number of amides is 2. The first-order valence-electron chi connectivity index (χ1n) is 7.28. The molecule has 1 N–H and O–H groups in total. The van der Waals surface area contributed by atoms with Crippen molar-refractivity contribution in [3.63, 3.8) is 0 Å². The molecule has 2 rings (SSSR count). The van der Waals surface area contributed by atoms with E-state index < -0.39 is 0 Å². The van der Waals surface area contributed by atoms with Crippen molar-refractivity contribution in [2.75, 3.05) is 13.6 Å². The summed E-state index contributed by atoms with van der Waals surface area (Å²) in [7, 11) is 1.78. The number of halogens is 1. The van der Waals surface area contributed by atoms with E-state index in [9.17, 15) is 9.59 Å². The maximum atomic E-state index is 12.1. The Labute approximate surface area is 145 Å². The molecule has 4 nitrogen and oxygen atoms in total. The fourth-order valence-electron chi connectivity index (χ4n) is 2.05. The Balaban J connectivity index is 1.76. The fourth-order valence-corrected chi connectivity index (χ4v) is 3.13.